The maximum absolute atomic E-state index is 6.39. The predicted molar refractivity (Wildman–Crippen MR) is 248 cm³/mol. The fourth-order valence-corrected chi connectivity index (χ4v) is 11.3. The largest absolute Gasteiger partial charge is 0.456 e. The standard InChI is InChI=1S/C58H39NO/c1-57(2)49-22-10-5-18-42(49)46-31-28-37(34-53(46)57)59(36-29-32-56-48(33-36)47-21-9-14-26-55(47)60-56)38-27-30-45-40-16-4-3-15-39(40)41-17-6-11-23-50(41)58(54(45)35-38)51-24-12-7-19-43(51)44-20-8-13-25-52(44)58/h3-35H,1-2H3. The SMILES string of the molecule is CC1(C)c2ccccc2-c2ccc(N(c3ccc4c(c3)C3(c5ccccc5-c5ccccc5-4)c4ccccc4-c4ccccc43)c3ccc4oc5ccccc5c4c3)cc21. The molecule has 0 aliphatic heterocycles. The van der Waals surface area contributed by atoms with Gasteiger partial charge in [-0.25, -0.2) is 0 Å². The second kappa shape index (κ2) is 12.1. The summed E-state index contributed by atoms with van der Waals surface area (Å²) in [5.41, 5.74) is 22.6. The van der Waals surface area contributed by atoms with Crippen LogP contribution >= 0.6 is 0 Å². The third-order valence-electron chi connectivity index (χ3n) is 13.9. The number of furan rings is 1. The van der Waals surface area contributed by atoms with Crippen molar-refractivity contribution in [3.05, 3.63) is 234 Å². The van der Waals surface area contributed by atoms with Gasteiger partial charge in [-0.3, -0.25) is 0 Å². The van der Waals surface area contributed by atoms with Crippen molar-refractivity contribution in [1.82, 2.24) is 0 Å². The first-order chi connectivity index (χ1) is 29.5. The van der Waals surface area contributed by atoms with Gasteiger partial charge in [-0.15, -0.1) is 0 Å². The fraction of sp³-hybridized carbons (Fsp3) is 0.0690. The second-order valence-electron chi connectivity index (χ2n) is 17.2. The molecule has 60 heavy (non-hydrogen) atoms. The lowest BCUT2D eigenvalue weighted by Gasteiger charge is -2.36. The van der Waals surface area contributed by atoms with E-state index in [1.165, 1.54) is 77.9 Å². The molecular weight excluding hydrogens is 727 g/mol. The van der Waals surface area contributed by atoms with E-state index < -0.39 is 5.41 Å². The molecule has 3 aliphatic rings. The monoisotopic (exact) mass is 765 g/mol. The molecule has 9 aromatic carbocycles. The van der Waals surface area contributed by atoms with Gasteiger partial charge in [-0.05, 0) is 126 Å². The normalized spacial score (nSPS) is 14.4. The molecule has 2 heteroatoms. The number of para-hydroxylation sites is 1. The van der Waals surface area contributed by atoms with E-state index >= 15 is 0 Å². The van der Waals surface area contributed by atoms with Gasteiger partial charge in [0.15, 0.2) is 0 Å². The number of nitrogens with zero attached hydrogens (tertiary/aromatic N) is 1. The van der Waals surface area contributed by atoms with Crippen LogP contribution in [0.15, 0.2) is 205 Å². The molecule has 10 aromatic rings. The van der Waals surface area contributed by atoms with Crippen LogP contribution in [0, 0.1) is 0 Å². The van der Waals surface area contributed by atoms with Crippen molar-refractivity contribution in [2.24, 2.45) is 0 Å². The highest BCUT2D eigenvalue weighted by molar-refractivity contribution is 6.07. The minimum absolute atomic E-state index is 0.152. The molecule has 0 saturated carbocycles. The van der Waals surface area contributed by atoms with Crippen LogP contribution in [0.25, 0.3) is 66.4 Å². The van der Waals surface area contributed by atoms with Gasteiger partial charge in [0.05, 0.1) is 5.41 Å². The molecular formula is C58H39NO. The lowest BCUT2D eigenvalue weighted by Crippen LogP contribution is -2.29. The van der Waals surface area contributed by atoms with E-state index in [0.29, 0.717) is 0 Å². The Bertz CT molecular complexity index is 3390. The van der Waals surface area contributed by atoms with Gasteiger partial charge in [0, 0.05) is 33.2 Å². The molecule has 0 saturated heterocycles. The first-order valence-electron chi connectivity index (χ1n) is 21.0. The van der Waals surface area contributed by atoms with E-state index in [0.717, 1.165) is 39.0 Å². The lowest BCUT2D eigenvalue weighted by atomic mass is 9.66. The Morgan fingerprint density at radius 3 is 1.33 bits per heavy atom. The number of rotatable bonds is 3. The molecule has 0 N–H and O–H groups in total. The van der Waals surface area contributed by atoms with Crippen LogP contribution in [-0.4, -0.2) is 0 Å². The molecule has 282 valence electrons. The Morgan fingerprint density at radius 1 is 0.317 bits per heavy atom. The first kappa shape index (κ1) is 33.5. The van der Waals surface area contributed by atoms with Crippen LogP contribution in [0.2, 0.25) is 0 Å². The van der Waals surface area contributed by atoms with Gasteiger partial charge in [0.2, 0.25) is 0 Å². The zero-order valence-corrected chi connectivity index (χ0v) is 33.4. The van der Waals surface area contributed by atoms with Crippen molar-refractivity contribution in [2.45, 2.75) is 24.7 Å². The maximum Gasteiger partial charge on any atom is 0.135 e. The van der Waals surface area contributed by atoms with Crippen molar-refractivity contribution >= 4 is 39.0 Å². The predicted octanol–water partition coefficient (Wildman–Crippen LogP) is 15.4. The molecule has 1 spiro atoms. The van der Waals surface area contributed by atoms with E-state index in [4.69, 9.17) is 4.42 Å². The third-order valence-corrected chi connectivity index (χ3v) is 13.9. The van der Waals surface area contributed by atoms with E-state index in [1.807, 2.05) is 6.07 Å². The summed E-state index contributed by atoms with van der Waals surface area (Å²) in [6, 6.07) is 74.6. The van der Waals surface area contributed by atoms with Crippen LogP contribution in [0.4, 0.5) is 17.1 Å². The topological polar surface area (TPSA) is 16.4 Å². The van der Waals surface area contributed by atoms with Crippen molar-refractivity contribution in [3.8, 4) is 44.5 Å². The molecule has 0 radical (unpaired) electrons. The molecule has 13 rings (SSSR count). The lowest BCUT2D eigenvalue weighted by molar-refractivity contribution is 0.660. The Hall–Kier alpha value is -7.42. The summed E-state index contributed by atoms with van der Waals surface area (Å²) >= 11 is 0. The highest BCUT2D eigenvalue weighted by atomic mass is 16.3. The number of anilines is 3. The van der Waals surface area contributed by atoms with Crippen molar-refractivity contribution in [1.29, 1.82) is 0 Å². The number of benzene rings is 9. The third kappa shape index (κ3) is 4.32. The number of hydrogen-bond acceptors (Lipinski definition) is 2. The van der Waals surface area contributed by atoms with E-state index in [9.17, 15) is 0 Å². The molecule has 0 bridgehead atoms. The zero-order chi connectivity index (χ0) is 39.7. The van der Waals surface area contributed by atoms with E-state index in [1.54, 1.807) is 0 Å². The molecule has 0 fully saturated rings. The molecule has 0 atom stereocenters. The summed E-state index contributed by atoms with van der Waals surface area (Å²) in [7, 11) is 0. The smallest absolute Gasteiger partial charge is 0.135 e. The molecule has 1 heterocycles. The molecule has 2 nitrogen and oxygen atoms in total. The summed E-state index contributed by atoms with van der Waals surface area (Å²) < 4.78 is 6.39. The Morgan fingerprint density at radius 2 is 0.717 bits per heavy atom. The molecule has 3 aliphatic carbocycles. The van der Waals surface area contributed by atoms with Gasteiger partial charge in [-0.2, -0.15) is 0 Å². The average molecular weight is 766 g/mol. The van der Waals surface area contributed by atoms with Gasteiger partial charge >= 0.3 is 0 Å². The number of hydrogen-bond donors (Lipinski definition) is 0. The van der Waals surface area contributed by atoms with Crippen LogP contribution < -0.4 is 4.90 Å². The number of fused-ring (bicyclic) bond motifs is 18. The Labute approximate surface area is 349 Å². The van der Waals surface area contributed by atoms with Crippen LogP contribution in [0.3, 0.4) is 0 Å². The molecule has 1 aromatic heterocycles. The van der Waals surface area contributed by atoms with Gasteiger partial charge in [0.1, 0.15) is 11.2 Å². The van der Waals surface area contributed by atoms with Crippen LogP contribution in [0.5, 0.6) is 0 Å². The van der Waals surface area contributed by atoms with Crippen molar-refractivity contribution in [3.63, 3.8) is 0 Å². The van der Waals surface area contributed by atoms with Gasteiger partial charge < -0.3 is 9.32 Å². The Balaban J connectivity index is 1.13. The summed E-state index contributed by atoms with van der Waals surface area (Å²) in [5, 5.41) is 2.22. The van der Waals surface area contributed by atoms with Crippen LogP contribution in [-0.2, 0) is 10.8 Å². The van der Waals surface area contributed by atoms with Gasteiger partial charge in [-0.1, -0.05) is 166 Å². The van der Waals surface area contributed by atoms with E-state index in [-0.39, 0.29) is 5.41 Å². The van der Waals surface area contributed by atoms with Gasteiger partial charge in [0.25, 0.3) is 0 Å². The molecule has 0 amide bonds. The summed E-state index contributed by atoms with van der Waals surface area (Å²) in [6.45, 7) is 4.73. The quantitative estimate of drug-likeness (QED) is 0.178. The van der Waals surface area contributed by atoms with Crippen molar-refractivity contribution < 1.29 is 4.42 Å². The summed E-state index contributed by atoms with van der Waals surface area (Å²) in [6.07, 6.45) is 0. The van der Waals surface area contributed by atoms with Crippen LogP contribution in [0.1, 0.15) is 47.2 Å². The second-order valence-corrected chi connectivity index (χ2v) is 17.2. The Kier molecular flexibility index (Phi) is 6.74. The van der Waals surface area contributed by atoms with Crippen molar-refractivity contribution in [2.75, 3.05) is 4.90 Å². The highest BCUT2D eigenvalue weighted by Crippen LogP contribution is 2.62. The minimum Gasteiger partial charge on any atom is -0.456 e. The first-order valence-corrected chi connectivity index (χ1v) is 21.0. The molecule has 0 unspecified atom stereocenters. The maximum atomic E-state index is 6.39. The van der Waals surface area contributed by atoms with E-state index in [2.05, 4.69) is 213 Å². The summed E-state index contributed by atoms with van der Waals surface area (Å²) in [4.78, 5) is 2.48. The zero-order valence-electron chi connectivity index (χ0n) is 33.4. The summed E-state index contributed by atoms with van der Waals surface area (Å²) in [5.74, 6) is 0. The highest BCUT2D eigenvalue weighted by Gasteiger charge is 2.50. The average Bonchev–Trinajstić information content (AvgIpc) is 3.87. The minimum atomic E-state index is -0.577. The fourth-order valence-electron chi connectivity index (χ4n) is 11.3.